The van der Waals surface area contributed by atoms with E-state index in [1.807, 2.05) is 12.1 Å². The topological polar surface area (TPSA) is 77.2 Å². The van der Waals surface area contributed by atoms with E-state index in [9.17, 15) is 18.0 Å². The fourth-order valence-corrected chi connectivity index (χ4v) is 5.04. The summed E-state index contributed by atoms with van der Waals surface area (Å²) in [5.74, 6) is 0.876. The first kappa shape index (κ1) is 24.2. The second-order valence-electron chi connectivity index (χ2n) is 9.38. The van der Waals surface area contributed by atoms with Gasteiger partial charge in [0.2, 0.25) is 0 Å². The first-order valence-corrected chi connectivity index (χ1v) is 12.3. The number of pyridine rings is 2. The molecule has 2 aliphatic rings. The molecule has 1 fully saturated rings. The first-order valence-electron chi connectivity index (χ1n) is 12.3. The van der Waals surface area contributed by atoms with Crippen LogP contribution in [0.25, 0.3) is 28.2 Å². The van der Waals surface area contributed by atoms with Crippen molar-refractivity contribution in [3.05, 3.63) is 76.6 Å². The molecule has 0 spiro atoms. The summed E-state index contributed by atoms with van der Waals surface area (Å²) in [7, 11) is 1.57. The van der Waals surface area contributed by atoms with Gasteiger partial charge in [-0.2, -0.15) is 13.2 Å². The molecule has 3 aromatic heterocycles. The Balaban J connectivity index is 1.45. The van der Waals surface area contributed by atoms with Crippen LogP contribution in [0.1, 0.15) is 11.1 Å². The van der Waals surface area contributed by atoms with E-state index in [0.29, 0.717) is 37.7 Å². The van der Waals surface area contributed by atoms with E-state index in [2.05, 4.69) is 21.4 Å². The zero-order valence-electron chi connectivity index (χ0n) is 20.6. The first-order chi connectivity index (χ1) is 18.3. The highest BCUT2D eigenvalue weighted by Gasteiger charge is 2.36. The normalized spacial score (nSPS) is 15.4. The number of ether oxygens (including phenoxy) is 1. The van der Waals surface area contributed by atoms with Gasteiger partial charge in [0, 0.05) is 56.5 Å². The lowest BCUT2D eigenvalue weighted by molar-refractivity contribution is -0.137. The number of hydrogen-bond acceptors (Lipinski definition) is 6. The summed E-state index contributed by atoms with van der Waals surface area (Å²) < 4.78 is 50.5. The van der Waals surface area contributed by atoms with Crippen molar-refractivity contribution in [3.8, 4) is 28.2 Å². The van der Waals surface area contributed by atoms with Crippen LogP contribution in [-0.2, 0) is 24.4 Å². The average molecular weight is 523 g/mol. The van der Waals surface area contributed by atoms with E-state index in [1.165, 1.54) is 15.2 Å². The van der Waals surface area contributed by atoms with Crippen LogP contribution in [0.3, 0.4) is 0 Å². The zero-order valence-corrected chi connectivity index (χ0v) is 20.6. The van der Waals surface area contributed by atoms with Gasteiger partial charge in [-0.25, -0.2) is 9.78 Å². The fourth-order valence-electron chi connectivity index (χ4n) is 5.04. The second-order valence-corrected chi connectivity index (χ2v) is 9.38. The molecule has 5 heterocycles. The molecule has 6 rings (SSSR count). The van der Waals surface area contributed by atoms with Gasteiger partial charge in [-0.15, -0.1) is 0 Å². The van der Waals surface area contributed by atoms with Gasteiger partial charge in [0.1, 0.15) is 5.82 Å². The third-order valence-electron chi connectivity index (χ3n) is 6.95. The predicted molar refractivity (Wildman–Crippen MR) is 138 cm³/mol. The number of morpholine rings is 1. The maximum Gasteiger partial charge on any atom is 0.418 e. The zero-order chi connectivity index (χ0) is 26.4. The summed E-state index contributed by atoms with van der Waals surface area (Å²) in [5, 5.41) is 3.24. The average Bonchev–Trinajstić information content (AvgIpc) is 3.52. The van der Waals surface area contributed by atoms with Gasteiger partial charge in [-0.1, -0.05) is 0 Å². The number of benzene rings is 1. The molecule has 0 radical (unpaired) electrons. The third-order valence-corrected chi connectivity index (χ3v) is 6.95. The van der Waals surface area contributed by atoms with Crippen molar-refractivity contribution in [2.45, 2.75) is 12.6 Å². The van der Waals surface area contributed by atoms with Crippen molar-refractivity contribution in [2.24, 2.45) is 7.05 Å². The Labute approximate surface area is 216 Å². The largest absolute Gasteiger partial charge is 0.418 e. The highest BCUT2D eigenvalue weighted by Crippen LogP contribution is 2.39. The van der Waals surface area contributed by atoms with E-state index in [4.69, 9.17) is 4.74 Å². The number of hydrogen-bond donors (Lipinski definition) is 1. The molecule has 1 N–H and O–H groups in total. The number of halogens is 3. The number of nitrogens with one attached hydrogen (secondary N) is 1. The molecule has 0 bridgehead atoms. The third kappa shape index (κ3) is 4.32. The minimum absolute atomic E-state index is 0.0776. The van der Waals surface area contributed by atoms with Gasteiger partial charge in [0.05, 0.1) is 35.9 Å². The number of alkyl halides is 3. The summed E-state index contributed by atoms with van der Waals surface area (Å²) in [6.45, 7) is 2.29. The number of anilines is 2. The number of imidazole rings is 1. The Kier molecular flexibility index (Phi) is 5.94. The molecule has 4 aromatic rings. The second kappa shape index (κ2) is 9.32. The van der Waals surface area contributed by atoms with Gasteiger partial charge in [0.15, 0.2) is 0 Å². The Hall–Kier alpha value is -4.12. The number of fused-ring (bicyclic) bond motifs is 1. The quantitative estimate of drug-likeness (QED) is 0.435. The van der Waals surface area contributed by atoms with Crippen molar-refractivity contribution in [1.82, 2.24) is 19.1 Å². The van der Waals surface area contributed by atoms with Crippen LogP contribution >= 0.6 is 0 Å². The molecule has 38 heavy (non-hydrogen) atoms. The molecule has 1 aromatic carbocycles. The summed E-state index contributed by atoms with van der Waals surface area (Å²) >= 11 is 0. The molecule has 1 saturated heterocycles. The lowest BCUT2D eigenvalue weighted by Gasteiger charge is -2.31. The standard InChI is InChI=1S/C27H25F3N6O2/c1-34-16-24(22-13-17(4-6-31-22)19-12-18-5-7-32-25(18)33-15-19)36(26(34)37)20-2-3-23(21(14-20)27(28,29)30)35-8-10-38-11-9-35/h2-4,6,12-16H,5,7-11H2,1H3,(H,32,33). The lowest BCUT2D eigenvalue weighted by Crippen LogP contribution is -2.37. The predicted octanol–water partition coefficient (Wildman–Crippen LogP) is 4.12. The van der Waals surface area contributed by atoms with Crippen LogP contribution in [-0.4, -0.2) is 52.0 Å². The van der Waals surface area contributed by atoms with Crippen molar-refractivity contribution in [1.29, 1.82) is 0 Å². The van der Waals surface area contributed by atoms with Crippen LogP contribution in [0.2, 0.25) is 0 Å². The number of aryl methyl sites for hydroxylation is 1. The van der Waals surface area contributed by atoms with E-state index >= 15 is 0 Å². The summed E-state index contributed by atoms with van der Waals surface area (Å²) in [6.07, 6.45) is 1.27. The van der Waals surface area contributed by atoms with Gasteiger partial charge in [-0.3, -0.25) is 9.55 Å². The SMILES string of the molecule is Cn1cc(-c2cc(-c3cnc4c(c3)CCN4)ccn2)n(-c2ccc(N3CCOCC3)c(C(F)(F)F)c2)c1=O. The Morgan fingerprint density at radius 2 is 1.84 bits per heavy atom. The smallest absolute Gasteiger partial charge is 0.378 e. The molecular formula is C27H25F3N6O2. The van der Waals surface area contributed by atoms with Gasteiger partial charge in [-0.05, 0) is 53.9 Å². The van der Waals surface area contributed by atoms with Crippen molar-refractivity contribution < 1.29 is 17.9 Å². The highest BCUT2D eigenvalue weighted by molar-refractivity contribution is 5.72. The molecule has 0 amide bonds. The fraction of sp³-hybridized carbons (Fsp3) is 0.296. The van der Waals surface area contributed by atoms with E-state index in [1.54, 1.807) is 36.6 Å². The monoisotopic (exact) mass is 522 g/mol. The van der Waals surface area contributed by atoms with E-state index in [0.717, 1.165) is 41.5 Å². The van der Waals surface area contributed by atoms with Crippen LogP contribution in [0.4, 0.5) is 24.7 Å². The summed E-state index contributed by atoms with van der Waals surface area (Å²) in [4.78, 5) is 23.8. The molecule has 11 heteroatoms. The highest BCUT2D eigenvalue weighted by atomic mass is 19.4. The van der Waals surface area contributed by atoms with Crippen LogP contribution in [0.15, 0.2) is 59.8 Å². The van der Waals surface area contributed by atoms with Crippen LogP contribution in [0, 0.1) is 0 Å². The molecule has 0 saturated carbocycles. The minimum Gasteiger partial charge on any atom is -0.378 e. The van der Waals surface area contributed by atoms with Crippen molar-refractivity contribution in [2.75, 3.05) is 43.1 Å². The van der Waals surface area contributed by atoms with E-state index in [-0.39, 0.29) is 11.4 Å². The molecule has 2 aliphatic heterocycles. The Morgan fingerprint density at radius 3 is 2.63 bits per heavy atom. The molecule has 0 aliphatic carbocycles. The molecule has 8 nitrogen and oxygen atoms in total. The van der Waals surface area contributed by atoms with Crippen molar-refractivity contribution >= 4 is 11.5 Å². The molecule has 0 unspecified atom stereocenters. The van der Waals surface area contributed by atoms with Gasteiger partial charge >= 0.3 is 11.9 Å². The molecule has 0 atom stereocenters. The Morgan fingerprint density at radius 1 is 1.03 bits per heavy atom. The van der Waals surface area contributed by atoms with Gasteiger partial charge in [0.25, 0.3) is 0 Å². The van der Waals surface area contributed by atoms with E-state index < -0.39 is 17.4 Å². The van der Waals surface area contributed by atoms with Gasteiger partial charge < -0.3 is 19.5 Å². The summed E-state index contributed by atoms with van der Waals surface area (Å²) in [5.41, 5.74) is 2.66. The summed E-state index contributed by atoms with van der Waals surface area (Å²) in [6, 6.07) is 9.76. The number of rotatable bonds is 4. The molecular weight excluding hydrogens is 497 g/mol. The minimum atomic E-state index is -4.60. The number of aromatic nitrogens is 4. The number of nitrogens with zero attached hydrogens (tertiary/aromatic N) is 5. The Bertz CT molecular complexity index is 1570. The molecule has 196 valence electrons. The van der Waals surface area contributed by atoms with Crippen LogP contribution in [0.5, 0.6) is 0 Å². The maximum atomic E-state index is 14.2. The van der Waals surface area contributed by atoms with Crippen molar-refractivity contribution in [3.63, 3.8) is 0 Å². The van der Waals surface area contributed by atoms with Crippen LogP contribution < -0.4 is 15.9 Å². The lowest BCUT2D eigenvalue weighted by atomic mass is 10.0. The maximum absolute atomic E-state index is 14.2.